The lowest BCUT2D eigenvalue weighted by Crippen LogP contribution is -2.14. The number of benzene rings is 1. The van der Waals surface area contributed by atoms with E-state index < -0.39 is 10.0 Å². The molecular weight excluding hydrogens is 297 g/mol. The molecule has 0 unspecified atom stereocenters. The highest BCUT2D eigenvalue weighted by atomic mass is 35.5. The lowest BCUT2D eigenvalue weighted by Gasteiger charge is -2.14. The van der Waals surface area contributed by atoms with E-state index in [0.29, 0.717) is 18.1 Å². The van der Waals surface area contributed by atoms with Gasteiger partial charge in [0.2, 0.25) is 0 Å². The van der Waals surface area contributed by atoms with Crippen molar-refractivity contribution in [2.45, 2.75) is 24.2 Å². The molecule has 2 rings (SSSR count). The molecule has 0 aliphatic carbocycles. The van der Waals surface area contributed by atoms with Crippen molar-refractivity contribution >= 4 is 39.1 Å². The van der Waals surface area contributed by atoms with Crippen molar-refractivity contribution in [2.75, 3.05) is 6.61 Å². The van der Waals surface area contributed by atoms with E-state index in [2.05, 4.69) is 4.40 Å². The molecule has 0 amide bonds. The lowest BCUT2D eigenvalue weighted by molar-refractivity contribution is 0.261. The van der Waals surface area contributed by atoms with Gasteiger partial charge in [0.25, 0.3) is 10.0 Å². The van der Waals surface area contributed by atoms with Crippen LogP contribution in [0.3, 0.4) is 0 Å². The number of hydrogen-bond donors (Lipinski definition) is 0. The smallest absolute Gasteiger partial charge is 0.285 e. The van der Waals surface area contributed by atoms with E-state index >= 15 is 0 Å². The largest absolute Gasteiger partial charge is 0.480 e. The molecule has 1 aliphatic heterocycles. The molecule has 1 aliphatic rings. The first-order valence-electron chi connectivity index (χ1n) is 5.41. The van der Waals surface area contributed by atoms with Crippen molar-refractivity contribution in [3.8, 4) is 0 Å². The van der Waals surface area contributed by atoms with E-state index in [1.807, 2.05) is 0 Å². The first-order chi connectivity index (χ1) is 8.49. The van der Waals surface area contributed by atoms with Crippen LogP contribution in [0.2, 0.25) is 10.0 Å². The number of hydrogen-bond acceptors (Lipinski definition) is 3. The summed E-state index contributed by atoms with van der Waals surface area (Å²) in [6.45, 7) is 0.510. The third-order valence-corrected chi connectivity index (χ3v) is 4.50. The number of halogens is 2. The Morgan fingerprint density at radius 2 is 1.94 bits per heavy atom. The summed E-state index contributed by atoms with van der Waals surface area (Å²) in [5.41, 5.74) is 0. The highest BCUT2D eigenvalue weighted by Crippen LogP contribution is 2.26. The second-order valence-electron chi connectivity index (χ2n) is 3.84. The Kier molecular flexibility index (Phi) is 4.14. The van der Waals surface area contributed by atoms with Crippen molar-refractivity contribution in [1.82, 2.24) is 0 Å². The standard InChI is InChI=1S/C11H11Cl2NO3S/c12-9-5-4-8(7-10(9)13)18(15,16)14-11-3-1-2-6-17-11/h4-5,7H,1-3,6H2/b14-11+. The molecule has 1 aromatic rings. The summed E-state index contributed by atoms with van der Waals surface area (Å²) in [6, 6.07) is 4.08. The Morgan fingerprint density at radius 1 is 1.17 bits per heavy atom. The van der Waals surface area contributed by atoms with Gasteiger partial charge in [-0.05, 0) is 31.0 Å². The summed E-state index contributed by atoms with van der Waals surface area (Å²) in [6.07, 6.45) is 2.35. The first-order valence-corrected chi connectivity index (χ1v) is 7.60. The van der Waals surface area contributed by atoms with Crippen LogP contribution in [-0.2, 0) is 14.8 Å². The van der Waals surface area contributed by atoms with Crippen LogP contribution in [0.15, 0.2) is 27.5 Å². The van der Waals surface area contributed by atoms with Crippen LogP contribution >= 0.6 is 23.2 Å². The monoisotopic (exact) mass is 307 g/mol. The summed E-state index contributed by atoms with van der Waals surface area (Å²) in [7, 11) is -3.78. The molecule has 0 spiro atoms. The topological polar surface area (TPSA) is 55.7 Å². The van der Waals surface area contributed by atoms with Gasteiger partial charge < -0.3 is 4.74 Å². The van der Waals surface area contributed by atoms with Gasteiger partial charge in [0, 0.05) is 6.42 Å². The van der Waals surface area contributed by atoms with Crippen LogP contribution in [0, 0.1) is 0 Å². The van der Waals surface area contributed by atoms with Gasteiger partial charge in [0.1, 0.15) is 0 Å². The van der Waals surface area contributed by atoms with Gasteiger partial charge in [-0.25, -0.2) is 0 Å². The molecular formula is C11H11Cl2NO3S. The van der Waals surface area contributed by atoms with Crippen molar-refractivity contribution in [1.29, 1.82) is 0 Å². The third kappa shape index (κ3) is 3.16. The first kappa shape index (κ1) is 13.6. The number of sulfonamides is 1. The van der Waals surface area contributed by atoms with E-state index in [-0.39, 0.29) is 15.8 Å². The van der Waals surface area contributed by atoms with Crippen molar-refractivity contribution < 1.29 is 13.2 Å². The van der Waals surface area contributed by atoms with Crippen molar-refractivity contribution in [3.63, 3.8) is 0 Å². The highest BCUT2D eigenvalue weighted by Gasteiger charge is 2.18. The summed E-state index contributed by atoms with van der Waals surface area (Å²) in [4.78, 5) is 0.0126. The second-order valence-corrected chi connectivity index (χ2v) is 6.26. The van der Waals surface area contributed by atoms with Crippen molar-refractivity contribution in [2.24, 2.45) is 4.40 Å². The maximum Gasteiger partial charge on any atom is 0.285 e. The Balaban J connectivity index is 2.32. The van der Waals surface area contributed by atoms with Crippen LogP contribution in [0.4, 0.5) is 0 Å². The average Bonchev–Trinajstić information content (AvgIpc) is 2.33. The fourth-order valence-electron chi connectivity index (χ4n) is 1.54. The van der Waals surface area contributed by atoms with E-state index in [1.54, 1.807) is 0 Å². The minimum atomic E-state index is -3.78. The zero-order chi connectivity index (χ0) is 13.2. The molecule has 0 saturated carbocycles. The van der Waals surface area contributed by atoms with Gasteiger partial charge in [0.15, 0.2) is 5.90 Å². The van der Waals surface area contributed by atoms with Crippen LogP contribution in [0.1, 0.15) is 19.3 Å². The molecule has 7 heteroatoms. The van der Waals surface area contributed by atoms with Gasteiger partial charge in [0.05, 0.1) is 21.5 Å². The minimum absolute atomic E-state index is 0.0126. The van der Waals surface area contributed by atoms with E-state index in [4.69, 9.17) is 27.9 Å². The Morgan fingerprint density at radius 3 is 2.56 bits per heavy atom. The summed E-state index contributed by atoms with van der Waals surface area (Å²) in [5, 5.41) is 0.486. The molecule has 1 fully saturated rings. The molecule has 1 aromatic carbocycles. The molecule has 0 radical (unpaired) electrons. The highest BCUT2D eigenvalue weighted by molar-refractivity contribution is 7.90. The van der Waals surface area contributed by atoms with Gasteiger partial charge >= 0.3 is 0 Å². The Hall–Kier alpha value is -0.780. The molecule has 0 atom stereocenters. The SMILES string of the molecule is O=S(=O)(/N=C1\CCCCO1)c1ccc(Cl)c(Cl)c1. The lowest BCUT2D eigenvalue weighted by atomic mass is 10.2. The normalized spacial score (nSPS) is 18.7. The van der Waals surface area contributed by atoms with E-state index in [1.165, 1.54) is 18.2 Å². The Bertz CT molecular complexity index is 576. The van der Waals surface area contributed by atoms with Gasteiger partial charge in [-0.2, -0.15) is 8.42 Å². The maximum atomic E-state index is 12.0. The minimum Gasteiger partial charge on any atom is -0.480 e. The second kappa shape index (κ2) is 5.47. The van der Waals surface area contributed by atoms with Crippen LogP contribution in [0.5, 0.6) is 0 Å². The summed E-state index contributed by atoms with van der Waals surface area (Å²) >= 11 is 11.5. The van der Waals surface area contributed by atoms with Crippen LogP contribution in [-0.4, -0.2) is 20.9 Å². The number of nitrogens with zero attached hydrogens (tertiary/aromatic N) is 1. The zero-order valence-corrected chi connectivity index (χ0v) is 11.7. The fraction of sp³-hybridized carbons (Fsp3) is 0.364. The maximum absolute atomic E-state index is 12.0. The molecule has 1 heterocycles. The average molecular weight is 308 g/mol. The predicted molar refractivity (Wildman–Crippen MR) is 70.9 cm³/mol. The quantitative estimate of drug-likeness (QED) is 0.842. The zero-order valence-electron chi connectivity index (χ0n) is 9.40. The Labute approximate surface area is 116 Å². The molecule has 1 saturated heterocycles. The van der Waals surface area contributed by atoms with Crippen molar-refractivity contribution in [3.05, 3.63) is 28.2 Å². The van der Waals surface area contributed by atoms with Gasteiger partial charge in [-0.15, -0.1) is 4.40 Å². The molecule has 0 aromatic heterocycles. The van der Waals surface area contributed by atoms with Crippen LogP contribution in [0.25, 0.3) is 0 Å². The van der Waals surface area contributed by atoms with E-state index in [0.717, 1.165) is 12.8 Å². The number of ether oxygens (including phenoxy) is 1. The molecule has 98 valence electrons. The third-order valence-electron chi connectivity index (χ3n) is 2.46. The van der Waals surface area contributed by atoms with Crippen LogP contribution < -0.4 is 0 Å². The molecule has 0 bridgehead atoms. The molecule has 4 nitrogen and oxygen atoms in total. The number of rotatable bonds is 2. The molecule has 18 heavy (non-hydrogen) atoms. The van der Waals surface area contributed by atoms with E-state index in [9.17, 15) is 8.42 Å². The van der Waals surface area contributed by atoms with Gasteiger partial charge in [-0.1, -0.05) is 23.2 Å². The molecule has 0 N–H and O–H groups in total. The van der Waals surface area contributed by atoms with Gasteiger partial charge in [-0.3, -0.25) is 0 Å². The fourth-order valence-corrected chi connectivity index (χ4v) is 2.92. The summed E-state index contributed by atoms with van der Waals surface area (Å²) in [5.74, 6) is 0.257. The summed E-state index contributed by atoms with van der Waals surface area (Å²) < 4.78 is 32.9. The predicted octanol–water partition coefficient (Wildman–Crippen LogP) is 3.28.